The third kappa shape index (κ3) is 2.16. The van der Waals surface area contributed by atoms with Crippen LogP contribution in [0.25, 0.3) is 22.1 Å². The van der Waals surface area contributed by atoms with Gasteiger partial charge in [0.2, 0.25) is 11.1 Å². The molecule has 0 radical (unpaired) electrons. The number of aryl methyl sites for hydroxylation is 1. The minimum atomic E-state index is -0.239. The van der Waals surface area contributed by atoms with Gasteiger partial charge in [0.15, 0.2) is 0 Å². The molecular formula is C16H14N2O3. The van der Waals surface area contributed by atoms with Gasteiger partial charge in [0.05, 0.1) is 22.0 Å². The maximum Gasteiger partial charge on any atom is 0.253 e. The van der Waals surface area contributed by atoms with Crippen LogP contribution in [0.4, 0.5) is 0 Å². The Kier molecular flexibility index (Phi) is 3.17. The molecule has 0 saturated heterocycles. The van der Waals surface area contributed by atoms with E-state index in [2.05, 4.69) is 10.3 Å². The Morgan fingerprint density at radius 2 is 2.05 bits per heavy atom. The molecule has 0 aliphatic carbocycles. The Morgan fingerprint density at radius 3 is 2.81 bits per heavy atom. The number of nitrogens with one attached hydrogen (secondary N) is 1. The maximum absolute atomic E-state index is 12.5. The molecule has 0 unspecified atom stereocenters. The topological polar surface area (TPSA) is 72.2 Å². The van der Waals surface area contributed by atoms with Crippen LogP contribution in [0.2, 0.25) is 0 Å². The highest BCUT2D eigenvalue weighted by atomic mass is 16.3. The van der Waals surface area contributed by atoms with Crippen molar-refractivity contribution in [3.63, 3.8) is 0 Å². The van der Waals surface area contributed by atoms with Crippen LogP contribution in [0.15, 0.2) is 39.5 Å². The molecule has 0 bridgehead atoms. The van der Waals surface area contributed by atoms with E-state index >= 15 is 0 Å². The first-order valence-electron chi connectivity index (χ1n) is 6.73. The number of pyridine rings is 1. The van der Waals surface area contributed by atoms with Crippen molar-refractivity contribution >= 4 is 28.0 Å². The number of carbonyl (C=O) groups excluding carboxylic acids is 1. The molecule has 3 aromatic rings. The standard InChI is InChI=1S/C16H14N2O3/c1-3-17-15(20)11-8-12-14(19)10-6-4-5-7-13(10)21-16(12)18-9(11)2/h4-8H,3H2,1-2H3,(H,17,20). The van der Waals surface area contributed by atoms with Gasteiger partial charge in [-0.3, -0.25) is 9.59 Å². The van der Waals surface area contributed by atoms with Crippen molar-refractivity contribution in [2.75, 3.05) is 6.54 Å². The number of benzene rings is 1. The van der Waals surface area contributed by atoms with Gasteiger partial charge in [-0.15, -0.1) is 0 Å². The fraction of sp³-hybridized carbons (Fsp3) is 0.188. The number of rotatable bonds is 2. The molecule has 0 aliphatic heterocycles. The lowest BCUT2D eigenvalue weighted by Crippen LogP contribution is -2.24. The molecule has 0 atom stereocenters. The predicted molar refractivity (Wildman–Crippen MR) is 80.5 cm³/mol. The van der Waals surface area contributed by atoms with Crippen LogP contribution in [0, 0.1) is 6.92 Å². The summed E-state index contributed by atoms with van der Waals surface area (Å²) < 4.78 is 5.66. The smallest absolute Gasteiger partial charge is 0.253 e. The number of para-hydroxylation sites is 1. The molecular weight excluding hydrogens is 268 g/mol. The highest BCUT2D eigenvalue weighted by molar-refractivity contribution is 5.99. The van der Waals surface area contributed by atoms with E-state index in [0.717, 1.165) is 0 Å². The monoisotopic (exact) mass is 282 g/mol. The van der Waals surface area contributed by atoms with E-state index in [9.17, 15) is 9.59 Å². The van der Waals surface area contributed by atoms with Gasteiger partial charge in [-0.1, -0.05) is 12.1 Å². The minimum absolute atomic E-state index is 0.176. The average molecular weight is 282 g/mol. The molecule has 5 heteroatoms. The zero-order chi connectivity index (χ0) is 15.0. The number of hydrogen-bond acceptors (Lipinski definition) is 4. The van der Waals surface area contributed by atoms with Crippen LogP contribution < -0.4 is 10.7 Å². The number of aromatic nitrogens is 1. The van der Waals surface area contributed by atoms with Gasteiger partial charge >= 0.3 is 0 Å². The van der Waals surface area contributed by atoms with Crippen molar-refractivity contribution in [1.29, 1.82) is 0 Å². The third-order valence-electron chi connectivity index (χ3n) is 3.34. The first kappa shape index (κ1) is 13.3. The van der Waals surface area contributed by atoms with Crippen LogP contribution in [0.1, 0.15) is 23.0 Å². The Bertz CT molecular complexity index is 912. The van der Waals surface area contributed by atoms with Gasteiger partial charge < -0.3 is 9.73 Å². The molecule has 1 amide bonds. The zero-order valence-corrected chi connectivity index (χ0v) is 11.8. The lowest BCUT2D eigenvalue weighted by Gasteiger charge is -2.07. The second-order valence-electron chi connectivity index (χ2n) is 4.76. The van der Waals surface area contributed by atoms with E-state index in [1.807, 2.05) is 6.92 Å². The number of hydrogen-bond donors (Lipinski definition) is 1. The van der Waals surface area contributed by atoms with Crippen molar-refractivity contribution in [2.45, 2.75) is 13.8 Å². The maximum atomic E-state index is 12.5. The Labute approximate surface area is 120 Å². The SMILES string of the molecule is CCNC(=O)c1cc2c(=O)c3ccccc3oc2nc1C. The van der Waals surface area contributed by atoms with Gasteiger partial charge in [0.25, 0.3) is 5.91 Å². The molecule has 2 heterocycles. The van der Waals surface area contributed by atoms with E-state index in [0.29, 0.717) is 34.2 Å². The van der Waals surface area contributed by atoms with E-state index in [4.69, 9.17) is 4.42 Å². The first-order chi connectivity index (χ1) is 10.1. The van der Waals surface area contributed by atoms with E-state index in [1.54, 1.807) is 37.3 Å². The highest BCUT2D eigenvalue weighted by Crippen LogP contribution is 2.19. The average Bonchev–Trinajstić information content (AvgIpc) is 2.47. The third-order valence-corrected chi connectivity index (χ3v) is 3.34. The number of carbonyl (C=O) groups is 1. The number of nitrogens with zero attached hydrogens (tertiary/aromatic N) is 1. The molecule has 2 aromatic heterocycles. The fourth-order valence-corrected chi connectivity index (χ4v) is 2.30. The summed E-state index contributed by atoms with van der Waals surface area (Å²) in [6.07, 6.45) is 0. The Morgan fingerprint density at radius 1 is 1.29 bits per heavy atom. The van der Waals surface area contributed by atoms with E-state index in [-0.39, 0.29) is 17.0 Å². The van der Waals surface area contributed by atoms with Crippen LogP contribution >= 0.6 is 0 Å². The second-order valence-corrected chi connectivity index (χ2v) is 4.76. The van der Waals surface area contributed by atoms with Gasteiger partial charge in [-0.25, -0.2) is 4.98 Å². The summed E-state index contributed by atoms with van der Waals surface area (Å²) in [4.78, 5) is 28.8. The Hall–Kier alpha value is -2.69. The number of amides is 1. The first-order valence-corrected chi connectivity index (χ1v) is 6.73. The molecule has 0 aliphatic rings. The largest absolute Gasteiger partial charge is 0.437 e. The normalized spacial score (nSPS) is 11.0. The van der Waals surface area contributed by atoms with Crippen molar-refractivity contribution in [2.24, 2.45) is 0 Å². The summed E-state index contributed by atoms with van der Waals surface area (Å²) in [7, 11) is 0. The van der Waals surface area contributed by atoms with Crippen LogP contribution in [-0.4, -0.2) is 17.4 Å². The van der Waals surface area contributed by atoms with Gasteiger partial charge in [-0.05, 0) is 32.0 Å². The molecule has 106 valence electrons. The summed E-state index contributed by atoms with van der Waals surface area (Å²) in [5, 5.41) is 3.52. The fourth-order valence-electron chi connectivity index (χ4n) is 2.30. The van der Waals surface area contributed by atoms with Gasteiger partial charge in [0.1, 0.15) is 5.58 Å². The summed E-state index contributed by atoms with van der Waals surface area (Å²) in [5.74, 6) is -0.239. The molecule has 0 fully saturated rings. The lowest BCUT2D eigenvalue weighted by atomic mass is 10.1. The minimum Gasteiger partial charge on any atom is -0.437 e. The number of fused-ring (bicyclic) bond motifs is 2. The van der Waals surface area contributed by atoms with Gasteiger partial charge in [0, 0.05) is 6.54 Å². The molecule has 5 nitrogen and oxygen atoms in total. The summed E-state index contributed by atoms with van der Waals surface area (Å²) >= 11 is 0. The van der Waals surface area contributed by atoms with Crippen molar-refractivity contribution in [1.82, 2.24) is 10.3 Å². The lowest BCUT2D eigenvalue weighted by molar-refractivity contribution is 0.0955. The predicted octanol–water partition coefficient (Wildman–Crippen LogP) is 2.40. The quantitative estimate of drug-likeness (QED) is 0.732. The van der Waals surface area contributed by atoms with E-state index in [1.165, 1.54) is 0 Å². The summed E-state index contributed by atoms with van der Waals surface area (Å²) in [6, 6.07) is 8.56. The second kappa shape index (κ2) is 5.01. The highest BCUT2D eigenvalue weighted by Gasteiger charge is 2.15. The molecule has 21 heavy (non-hydrogen) atoms. The van der Waals surface area contributed by atoms with Crippen LogP contribution in [0.5, 0.6) is 0 Å². The van der Waals surface area contributed by atoms with Crippen molar-refractivity contribution < 1.29 is 9.21 Å². The van der Waals surface area contributed by atoms with Crippen LogP contribution in [0.3, 0.4) is 0 Å². The van der Waals surface area contributed by atoms with Crippen LogP contribution in [-0.2, 0) is 0 Å². The van der Waals surface area contributed by atoms with Crippen molar-refractivity contribution in [3.05, 3.63) is 51.8 Å². The molecule has 3 rings (SSSR count). The van der Waals surface area contributed by atoms with Gasteiger partial charge in [-0.2, -0.15) is 0 Å². The Balaban J connectivity index is 2.35. The summed E-state index contributed by atoms with van der Waals surface area (Å²) in [5.41, 5.74) is 1.50. The van der Waals surface area contributed by atoms with Crippen molar-refractivity contribution in [3.8, 4) is 0 Å². The summed E-state index contributed by atoms with van der Waals surface area (Å²) in [6.45, 7) is 4.07. The zero-order valence-electron chi connectivity index (χ0n) is 11.8. The molecule has 1 aromatic carbocycles. The van der Waals surface area contributed by atoms with E-state index < -0.39 is 0 Å². The molecule has 1 N–H and O–H groups in total. The molecule has 0 spiro atoms. The molecule has 0 saturated carbocycles.